The van der Waals surface area contributed by atoms with Crippen LogP contribution in [0.5, 0.6) is 0 Å². The summed E-state index contributed by atoms with van der Waals surface area (Å²) < 4.78 is 38.2. The van der Waals surface area contributed by atoms with Crippen molar-refractivity contribution in [1.29, 1.82) is 0 Å². The lowest BCUT2D eigenvalue weighted by Crippen LogP contribution is -2.31. The number of amides is 2. The van der Waals surface area contributed by atoms with E-state index in [4.69, 9.17) is 8.83 Å². The molecule has 31 heavy (non-hydrogen) atoms. The molecule has 0 aliphatic carbocycles. The number of carbonyl (C=O) groups is 2. The predicted molar refractivity (Wildman–Crippen MR) is 109 cm³/mol. The first-order valence-electron chi connectivity index (χ1n) is 9.25. The summed E-state index contributed by atoms with van der Waals surface area (Å²) in [5.74, 6) is -2.15. The maximum Gasteiger partial charge on any atom is 0.291 e. The molecule has 0 spiro atoms. The molecule has 6 nitrogen and oxygen atoms in total. The number of hydrogen-bond donors (Lipinski definition) is 1. The fourth-order valence-electron chi connectivity index (χ4n) is 3.01. The lowest BCUT2D eigenvalue weighted by molar-refractivity contribution is 0.0977. The van der Waals surface area contributed by atoms with Crippen LogP contribution in [0.25, 0.3) is 0 Å². The van der Waals surface area contributed by atoms with E-state index < -0.39 is 23.4 Å². The van der Waals surface area contributed by atoms with Crippen molar-refractivity contribution < 1.29 is 27.2 Å². The molecule has 4 aromatic rings. The molecular weight excluding hydrogens is 406 g/mol. The van der Waals surface area contributed by atoms with Crippen LogP contribution < -0.4 is 10.2 Å². The van der Waals surface area contributed by atoms with Crippen molar-refractivity contribution >= 4 is 23.2 Å². The van der Waals surface area contributed by atoms with Crippen LogP contribution in [0.4, 0.5) is 20.2 Å². The van der Waals surface area contributed by atoms with E-state index in [0.717, 1.165) is 11.0 Å². The van der Waals surface area contributed by atoms with Crippen LogP contribution in [0.2, 0.25) is 0 Å². The Balaban J connectivity index is 1.64. The van der Waals surface area contributed by atoms with Crippen LogP contribution in [0, 0.1) is 11.6 Å². The third-order valence-electron chi connectivity index (χ3n) is 4.45. The van der Waals surface area contributed by atoms with Crippen molar-refractivity contribution in [2.24, 2.45) is 0 Å². The molecule has 0 aliphatic rings. The fraction of sp³-hybridized carbons (Fsp3) is 0.0435. The molecule has 156 valence electrons. The number of nitrogens with one attached hydrogen (secondary N) is 1. The zero-order chi connectivity index (χ0) is 21.8. The average Bonchev–Trinajstić information content (AvgIpc) is 3.46. The largest absolute Gasteiger partial charge is 0.467 e. The highest BCUT2D eigenvalue weighted by Crippen LogP contribution is 2.25. The summed E-state index contributed by atoms with van der Waals surface area (Å²) >= 11 is 0. The average molecular weight is 422 g/mol. The molecule has 0 atom stereocenters. The summed E-state index contributed by atoms with van der Waals surface area (Å²) in [6.07, 6.45) is 2.81. The SMILES string of the molecule is O=C(Nc1cccc(C(=O)N(Cc2ccco2)c2ccc(F)cc2F)c1)c1ccco1. The van der Waals surface area contributed by atoms with Crippen LogP contribution >= 0.6 is 0 Å². The van der Waals surface area contributed by atoms with Crippen LogP contribution in [-0.4, -0.2) is 11.8 Å². The second-order valence-electron chi connectivity index (χ2n) is 6.58. The Morgan fingerprint density at radius 2 is 1.71 bits per heavy atom. The van der Waals surface area contributed by atoms with Crippen molar-refractivity contribution in [1.82, 2.24) is 0 Å². The molecule has 1 N–H and O–H groups in total. The number of anilines is 2. The predicted octanol–water partition coefficient (Wildman–Crippen LogP) is 5.25. The van der Waals surface area contributed by atoms with Gasteiger partial charge in [-0.1, -0.05) is 6.07 Å². The maximum absolute atomic E-state index is 14.5. The summed E-state index contributed by atoms with van der Waals surface area (Å²) in [6.45, 7) is -0.0721. The lowest BCUT2D eigenvalue weighted by atomic mass is 10.1. The number of benzene rings is 2. The third-order valence-corrected chi connectivity index (χ3v) is 4.45. The maximum atomic E-state index is 14.5. The molecule has 0 fully saturated rings. The molecule has 0 bridgehead atoms. The van der Waals surface area contributed by atoms with E-state index in [9.17, 15) is 18.4 Å². The Morgan fingerprint density at radius 1 is 0.903 bits per heavy atom. The van der Waals surface area contributed by atoms with E-state index in [1.165, 1.54) is 36.8 Å². The fourth-order valence-corrected chi connectivity index (χ4v) is 3.01. The minimum atomic E-state index is -0.887. The molecule has 0 saturated carbocycles. The Kier molecular flexibility index (Phi) is 5.61. The molecule has 2 amide bonds. The van der Waals surface area contributed by atoms with Crippen LogP contribution in [-0.2, 0) is 6.54 Å². The Bertz CT molecular complexity index is 1200. The van der Waals surface area contributed by atoms with Gasteiger partial charge < -0.3 is 14.2 Å². The zero-order valence-electron chi connectivity index (χ0n) is 16.0. The minimum absolute atomic E-state index is 0.0721. The quantitative estimate of drug-likeness (QED) is 0.461. The monoisotopic (exact) mass is 422 g/mol. The van der Waals surface area contributed by atoms with E-state index in [-0.39, 0.29) is 23.6 Å². The molecule has 0 radical (unpaired) electrons. The van der Waals surface area contributed by atoms with Gasteiger partial charge in [0.15, 0.2) is 5.76 Å². The minimum Gasteiger partial charge on any atom is -0.467 e. The molecule has 0 unspecified atom stereocenters. The summed E-state index contributed by atoms with van der Waals surface area (Å²) in [5, 5.41) is 2.64. The molecule has 0 aliphatic heterocycles. The molecular formula is C23H16F2N2O4. The highest BCUT2D eigenvalue weighted by atomic mass is 19.1. The second-order valence-corrected chi connectivity index (χ2v) is 6.58. The van der Waals surface area contributed by atoms with Crippen LogP contribution in [0.1, 0.15) is 26.7 Å². The molecule has 8 heteroatoms. The Labute approximate surface area is 175 Å². The van der Waals surface area contributed by atoms with Gasteiger partial charge in [0.2, 0.25) is 0 Å². The zero-order valence-corrected chi connectivity index (χ0v) is 16.0. The van der Waals surface area contributed by atoms with Crippen molar-refractivity contribution in [3.8, 4) is 0 Å². The normalized spacial score (nSPS) is 10.6. The Morgan fingerprint density at radius 3 is 2.42 bits per heavy atom. The van der Waals surface area contributed by atoms with Gasteiger partial charge in [-0.2, -0.15) is 0 Å². The van der Waals surface area contributed by atoms with E-state index >= 15 is 0 Å². The first-order chi connectivity index (χ1) is 15.0. The lowest BCUT2D eigenvalue weighted by Gasteiger charge is -2.23. The number of nitrogens with zero attached hydrogens (tertiary/aromatic N) is 1. The van der Waals surface area contributed by atoms with E-state index in [0.29, 0.717) is 17.5 Å². The third kappa shape index (κ3) is 4.53. The van der Waals surface area contributed by atoms with Crippen LogP contribution in [0.3, 0.4) is 0 Å². The molecule has 2 heterocycles. The van der Waals surface area contributed by atoms with E-state index in [2.05, 4.69) is 5.32 Å². The topological polar surface area (TPSA) is 75.7 Å². The summed E-state index contributed by atoms with van der Waals surface area (Å²) in [4.78, 5) is 26.6. The molecule has 0 saturated heterocycles. The van der Waals surface area contributed by atoms with Gasteiger partial charge in [-0.3, -0.25) is 14.5 Å². The first kappa shape index (κ1) is 20.1. The number of carbonyl (C=O) groups excluding carboxylic acids is 2. The smallest absolute Gasteiger partial charge is 0.291 e. The van der Waals surface area contributed by atoms with Gasteiger partial charge in [-0.25, -0.2) is 8.78 Å². The van der Waals surface area contributed by atoms with Gasteiger partial charge in [0, 0.05) is 17.3 Å². The molecule has 2 aromatic heterocycles. The van der Waals surface area contributed by atoms with Gasteiger partial charge >= 0.3 is 0 Å². The van der Waals surface area contributed by atoms with Gasteiger partial charge in [0.1, 0.15) is 17.4 Å². The summed E-state index contributed by atoms with van der Waals surface area (Å²) in [7, 11) is 0. The van der Waals surface area contributed by atoms with Crippen molar-refractivity contribution in [2.75, 3.05) is 10.2 Å². The highest BCUT2D eigenvalue weighted by molar-refractivity contribution is 6.08. The van der Waals surface area contributed by atoms with Gasteiger partial charge in [-0.15, -0.1) is 0 Å². The van der Waals surface area contributed by atoms with E-state index in [1.807, 2.05) is 0 Å². The number of rotatable bonds is 6. The van der Waals surface area contributed by atoms with Crippen molar-refractivity contribution in [3.63, 3.8) is 0 Å². The Hall–Kier alpha value is -4.20. The second kappa shape index (κ2) is 8.66. The summed E-state index contributed by atoms with van der Waals surface area (Å²) in [5.41, 5.74) is 0.435. The first-order valence-corrected chi connectivity index (χ1v) is 9.25. The molecule has 2 aromatic carbocycles. The number of hydrogen-bond acceptors (Lipinski definition) is 4. The summed E-state index contributed by atoms with van der Waals surface area (Å²) in [6, 6.07) is 15.5. The van der Waals surface area contributed by atoms with Gasteiger partial charge in [0.05, 0.1) is 24.8 Å². The number of furan rings is 2. The van der Waals surface area contributed by atoms with Crippen molar-refractivity contribution in [3.05, 3.63) is 108 Å². The van der Waals surface area contributed by atoms with Gasteiger partial charge in [-0.05, 0) is 54.6 Å². The van der Waals surface area contributed by atoms with E-state index in [1.54, 1.807) is 30.3 Å². The standard InChI is InChI=1S/C23H16F2N2O4/c24-16-8-9-20(19(25)13-16)27(14-18-6-2-10-30-18)23(29)15-4-1-5-17(12-15)26-22(28)21-7-3-11-31-21/h1-13H,14H2,(H,26,28). The molecule has 4 rings (SSSR count). The van der Waals surface area contributed by atoms with Crippen molar-refractivity contribution in [2.45, 2.75) is 6.54 Å². The van der Waals surface area contributed by atoms with Crippen LogP contribution in [0.15, 0.2) is 88.1 Å². The van der Waals surface area contributed by atoms with Gasteiger partial charge in [0.25, 0.3) is 11.8 Å². The number of halogens is 2. The highest BCUT2D eigenvalue weighted by Gasteiger charge is 2.23.